The van der Waals surface area contributed by atoms with E-state index in [1.54, 1.807) is 16.2 Å². The smallest absolute Gasteiger partial charge is 0.269 e. The van der Waals surface area contributed by atoms with E-state index in [1.165, 1.54) is 33.4 Å². The van der Waals surface area contributed by atoms with Crippen LogP contribution >= 0.6 is 11.3 Å². The molecule has 1 saturated carbocycles. The lowest BCUT2D eigenvalue weighted by Gasteiger charge is -2.37. The summed E-state index contributed by atoms with van der Waals surface area (Å²) >= 11 is 1.68. The zero-order valence-electron chi connectivity index (χ0n) is 18.2. The third-order valence-corrected chi connectivity index (χ3v) is 9.21. The third kappa shape index (κ3) is 4.24. The molecule has 1 fully saturated rings. The Hall–Kier alpha value is -3.08. The molecule has 2 aromatic carbocycles. The van der Waals surface area contributed by atoms with Gasteiger partial charge in [0.15, 0.2) is 0 Å². The lowest BCUT2D eigenvalue weighted by molar-refractivity contribution is -0.384. The Kier molecular flexibility index (Phi) is 5.97. The highest BCUT2D eigenvalue weighted by atomic mass is 32.2. The van der Waals surface area contributed by atoms with E-state index in [1.807, 2.05) is 41.8 Å². The Morgan fingerprint density at radius 3 is 2.44 bits per heavy atom. The van der Waals surface area contributed by atoms with E-state index in [9.17, 15) is 23.3 Å². The number of fused-ring (bicyclic) bond motifs is 1. The van der Waals surface area contributed by atoms with E-state index >= 15 is 0 Å². The summed E-state index contributed by atoms with van der Waals surface area (Å²) in [5.41, 5.74) is 1.90. The van der Waals surface area contributed by atoms with E-state index in [0.717, 1.165) is 17.5 Å². The maximum absolute atomic E-state index is 13.6. The van der Waals surface area contributed by atoms with Gasteiger partial charge in [-0.1, -0.05) is 30.3 Å². The van der Waals surface area contributed by atoms with Gasteiger partial charge in [0.2, 0.25) is 15.9 Å². The van der Waals surface area contributed by atoms with Gasteiger partial charge in [0.1, 0.15) is 0 Å². The fraction of sp³-hybridized carbons (Fsp3) is 0.292. The van der Waals surface area contributed by atoms with Gasteiger partial charge in [-0.25, -0.2) is 8.42 Å². The summed E-state index contributed by atoms with van der Waals surface area (Å²) in [6.07, 6.45) is 2.12. The molecule has 34 heavy (non-hydrogen) atoms. The molecule has 1 aliphatic heterocycles. The maximum Gasteiger partial charge on any atom is 0.269 e. The Bertz CT molecular complexity index is 1320. The zero-order chi connectivity index (χ0) is 23.9. The van der Waals surface area contributed by atoms with Crippen molar-refractivity contribution in [3.05, 3.63) is 92.2 Å². The summed E-state index contributed by atoms with van der Waals surface area (Å²) < 4.78 is 28.1. The van der Waals surface area contributed by atoms with E-state index < -0.39 is 14.9 Å². The molecule has 1 aromatic heterocycles. The number of non-ortho nitro benzene ring substituents is 1. The second-order valence-corrected chi connectivity index (χ2v) is 11.4. The van der Waals surface area contributed by atoms with Gasteiger partial charge < -0.3 is 4.90 Å². The summed E-state index contributed by atoms with van der Waals surface area (Å²) in [6.45, 7) is 0.259. The number of rotatable bonds is 7. The van der Waals surface area contributed by atoms with E-state index in [0.29, 0.717) is 19.4 Å². The second kappa shape index (κ2) is 8.94. The average molecular weight is 498 g/mol. The SMILES string of the molecule is O=C(CN(C1CC1)S(=O)(=O)c1ccc([N+](=O)[O-])cc1)N1CCc2sccc2C1c1ccccc1. The highest BCUT2D eigenvalue weighted by Crippen LogP contribution is 2.39. The van der Waals surface area contributed by atoms with Gasteiger partial charge in [-0.05, 0) is 54.0 Å². The summed E-state index contributed by atoms with van der Waals surface area (Å²) in [4.78, 5) is 27.0. The molecule has 0 saturated heterocycles. The lowest BCUT2D eigenvalue weighted by Crippen LogP contribution is -2.47. The van der Waals surface area contributed by atoms with Crippen LogP contribution in [0.15, 0.2) is 70.9 Å². The number of amides is 1. The number of nitro benzene ring substituents is 1. The molecule has 176 valence electrons. The van der Waals surface area contributed by atoms with E-state index in [4.69, 9.17) is 0 Å². The molecular weight excluding hydrogens is 474 g/mol. The van der Waals surface area contributed by atoms with Crippen molar-refractivity contribution >= 4 is 33.0 Å². The molecule has 0 spiro atoms. The van der Waals surface area contributed by atoms with Gasteiger partial charge in [0.05, 0.1) is 22.4 Å². The minimum absolute atomic E-state index is 0.0452. The molecule has 5 rings (SSSR count). The predicted molar refractivity (Wildman–Crippen MR) is 128 cm³/mol. The molecular formula is C24H23N3O5S2. The van der Waals surface area contributed by atoms with Gasteiger partial charge in [-0.2, -0.15) is 4.31 Å². The number of carbonyl (C=O) groups excluding carboxylic acids is 1. The lowest BCUT2D eigenvalue weighted by atomic mass is 9.93. The zero-order valence-corrected chi connectivity index (χ0v) is 19.9. The fourth-order valence-electron chi connectivity index (χ4n) is 4.45. The van der Waals surface area contributed by atoms with Crippen molar-refractivity contribution in [3.63, 3.8) is 0 Å². The van der Waals surface area contributed by atoms with Crippen molar-refractivity contribution in [3.8, 4) is 0 Å². The highest BCUT2D eigenvalue weighted by molar-refractivity contribution is 7.89. The number of nitrogens with zero attached hydrogens (tertiary/aromatic N) is 3. The van der Waals surface area contributed by atoms with Crippen LogP contribution in [0.2, 0.25) is 0 Å². The van der Waals surface area contributed by atoms with Crippen LogP contribution in [0.5, 0.6) is 0 Å². The standard InChI is InChI=1S/C24H23N3O5S2/c28-23(25-14-12-22-21(13-15-33-22)24(25)17-4-2-1-3-5-17)16-26(18-6-7-18)34(31,32)20-10-8-19(9-11-20)27(29)30/h1-5,8-11,13,15,18,24H,6-7,12,14,16H2. The molecule has 0 bridgehead atoms. The summed E-state index contributed by atoms with van der Waals surface area (Å²) in [6, 6.07) is 16.2. The Morgan fingerprint density at radius 2 is 1.79 bits per heavy atom. The minimum Gasteiger partial charge on any atom is -0.330 e. The molecule has 1 unspecified atom stereocenters. The number of hydrogen-bond acceptors (Lipinski definition) is 6. The maximum atomic E-state index is 13.6. The first-order valence-electron chi connectivity index (χ1n) is 11.0. The predicted octanol–water partition coefficient (Wildman–Crippen LogP) is 3.98. The highest BCUT2D eigenvalue weighted by Gasteiger charge is 2.42. The van der Waals surface area contributed by atoms with Crippen molar-refractivity contribution in [1.82, 2.24) is 9.21 Å². The van der Waals surface area contributed by atoms with Crippen LogP contribution in [0, 0.1) is 10.1 Å². The Labute approximate surface area is 201 Å². The van der Waals surface area contributed by atoms with Crippen LogP contribution in [0.25, 0.3) is 0 Å². The average Bonchev–Trinajstić information content (AvgIpc) is 3.57. The van der Waals surface area contributed by atoms with E-state index in [2.05, 4.69) is 0 Å². The molecule has 1 aliphatic carbocycles. The van der Waals surface area contributed by atoms with Gasteiger partial charge in [-0.3, -0.25) is 14.9 Å². The normalized spacial score (nSPS) is 18.0. The molecule has 2 aliphatic rings. The van der Waals surface area contributed by atoms with Crippen molar-refractivity contribution < 1.29 is 18.1 Å². The van der Waals surface area contributed by atoms with Gasteiger partial charge >= 0.3 is 0 Å². The van der Waals surface area contributed by atoms with Gasteiger partial charge in [0.25, 0.3) is 5.69 Å². The van der Waals surface area contributed by atoms with Crippen LogP contribution in [0.4, 0.5) is 5.69 Å². The fourth-order valence-corrected chi connectivity index (χ4v) is 6.99. The largest absolute Gasteiger partial charge is 0.330 e. The molecule has 2 heterocycles. The molecule has 1 atom stereocenters. The first kappa shape index (κ1) is 22.7. The van der Waals surface area contributed by atoms with Crippen LogP contribution in [-0.4, -0.2) is 47.6 Å². The molecule has 0 N–H and O–H groups in total. The quantitative estimate of drug-likeness (QED) is 0.363. The van der Waals surface area contributed by atoms with Gasteiger partial charge in [-0.15, -0.1) is 11.3 Å². The van der Waals surface area contributed by atoms with Crippen LogP contribution in [0.3, 0.4) is 0 Å². The second-order valence-electron chi connectivity index (χ2n) is 8.48. The number of nitro groups is 1. The summed E-state index contributed by atoms with van der Waals surface area (Å²) in [7, 11) is -3.98. The number of sulfonamides is 1. The summed E-state index contributed by atoms with van der Waals surface area (Å²) in [5, 5.41) is 13.0. The Morgan fingerprint density at radius 1 is 1.09 bits per heavy atom. The third-order valence-electron chi connectivity index (χ3n) is 6.30. The van der Waals surface area contributed by atoms with Crippen LogP contribution < -0.4 is 0 Å². The van der Waals surface area contributed by atoms with Crippen LogP contribution in [0.1, 0.15) is 34.9 Å². The molecule has 10 heteroatoms. The van der Waals surface area contributed by atoms with Crippen LogP contribution in [-0.2, 0) is 21.2 Å². The summed E-state index contributed by atoms with van der Waals surface area (Å²) in [5.74, 6) is -0.247. The number of benzene rings is 2. The number of hydrogen-bond donors (Lipinski definition) is 0. The van der Waals surface area contributed by atoms with Crippen molar-refractivity contribution in [2.45, 2.75) is 36.2 Å². The van der Waals surface area contributed by atoms with Crippen molar-refractivity contribution in [2.24, 2.45) is 0 Å². The molecule has 3 aromatic rings. The van der Waals surface area contributed by atoms with Crippen molar-refractivity contribution in [1.29, 1.82) is 0 Å². The first-order valence-corrected chi connectivity index (χ1v) is 13.3. The number of thiophene rings is 1. The van der Waals surface area contributed by atoms with E-state index in [-0.39, 0.29) is 35.1 Å². The first-order chi connectivity index (χ1) is 16.4. The monoisotopic (exact) mass is 497 g/mol. The number of carbonyl (C=O) groups is 1. The molecule has 0 radical (unpaired) electrons. The topological polar surface area (TPSA) is 101 Å². The Balaban J connectivity index is 1.44. The van der Waals surface area contributed by atoms with Gasteiger partial charge in [0, 0.05) is 29.6 Å². The molecule has 8 nitrogen and oxygen atoms in total. The minimum atomic E-state index is -3.98. The molecule has 1 amide bonds. The van der Waals surface area contributed by atoms with Crippen molar-refractivity contribution in [2.75, 3.05) is 13.1 Å².